The van der Waals surface area contributed by atoms with Gasteiger partial charge in [-0.05, 0) is 35.6 Å². The first-order chi connectivity index (χ1) is 14.0. The van der Waals surface area contributed by atoms with Crippen LogP contribution >= 0.6 is 0 Å². The molecule has 6 heteroatoms. The molecule has 1 aliphatic heterocycles. The van der Waals surface area contributed by atoms with E-state index in [0.717, 1.165) is 26.1 Å². The summed E-state index contributed by atoms with van der Waals surface area (Å²) in [7, 11) is 0. The van der Waals surface area contributed by atoms with Gasteiger partial charge in [0.25, 0.3) is 5.91 Å². The molecule has 3 rings (SSSR count). The van der Waals surface area contributed by atoms with Crippen LogP contribution in [0.15, 0.2) is 48.5 Å². The molecule has 0 bridgehead atoms. The van der Waals surface area contributed by atoms with Crippen LogP contribution in [0.1, 0.15) is 35.3 Å². The third-order valence-electron chi connectivity index (χ3n) is 5.29. The molecule has 0 aromatic heterocycles. The number of fused-ring (bicyclic) bond motifs is 1. The zero-order valence-corrected chi connectivity index (χ0v) is 17.0. The maximum Gasteiger partial charge on any atom is 0.254 e. The van der Waals surface area contributed by atoms with Gasteiger partial charge in [0.05, 0.1) is 5.56 Å². The summed E-state index contributed by atoms with van der Waals surface area (Å²) in [6, 6.07) is 13.5. The summed E-state index contributed by atoms with van der Waals surface area (Å²) in [6.45, 7) is 6.79. The molecule has 1 heterocycles. The molecule has 1 unspecified atom stereocenters. The zero-order chi connectivity index (χ0) is 20.8. The normalized spacial score (nSPS) is 14.9. The lowest BCUT2D eigenvalue weighted by Gasteiger charge is -2.29. The summed E-state index contributed by atoms with van der Waals surface area (Å²) in [4.78, 5) is 27.3. The van der Waals surface area contributed by atoms with E-state index in [1.165, 1.54) is 29.3 Å². The lowest BCUT2D eigenvalue weighted by atomic mass is 10.00. The minimum Gasteiger partial charge on any atom is -0.353 e. The van der Waals surface area contributed by atoms with E-state index in [9.17, 15) is 14.0 Å². The summed E-state index contributed by atoms with van der Waals surface area (Å²) in [6.07, 6.45) is 1.01. The standard InChI is InChI=1S/C23H28FN3O2/c1-16(2)21(26-22(28)19-9-5-6-10-20(19)24)23(29)25-12-14-27-13-11-17-7-3-4-8-18(17)15-27/h3-10,16,21H,11-15H2,1-2H3,(H,25,29)(H,26,28). The predicted octanol–water partition coefficient (Wildman–Crippen LogP) is 2.75. The van der Waals surface area contributed by atoms with Crippen molar-refractivity contribution < 1.29 is 14.0 Å². The molecule has 2 N–H and O–H groups in total. The average Bonchev–Trinajstić information content (AvgIpc) is 2.71. The second-order valence-corrected chi connectivity index (χ2v) is 7.76. The number of nitrogens with zero attached hydrogens (tertiary/aromatic N) is 1. The molecule has 5 nitrogen and oxygen atoms in total. The van der Waals surface area contributed by atoms with Crippen molar-refractivity contribution in [1.82, 2.24) is 15.5 Å². The molecule has 2 aromatic rings. The number of carbonyl (C=O) groups excluding carboxylic acids is 2. The quantitative estimate of drug-likeness (QED) is 0.755. The second kappa shape index (κ2) is 9.65. The first-order valence-corrected chi connectivity index (χ1v) is 10.1. The highest BCUT2D eigenvalue weighted by atomic mass is 19.1. The van der Waals surface area contributed by atoms with Crippen molar-refractivity contribution in [2.45, 2.75) is 32.9 Å². The lowest BCUT2D eigenvalue weighted by molar-refractivity contribution is -0.124. The minimum absolute atomic E-state index is 0.0575. The molecule has 1 aliphatic rings. The van der Waals surface area contributed by atoms with Gasteiger partial charge in [0.15, 0.2) is 0 Å². The Morgan fingerprint density at radius 1 is 1.07 bits per heavy atom. The Hall–Kier alpha value is -2.73. The number of nitrogens with one attached hydrogen (secondary N) is 2. The van der Waals surface area contributed by atoms with Gasteiger partial charge in [0.2, 0.25) is 5.91 Å². The van der Waals surface area contributed by atoms with Crippen LogP contribution in [0.3, 0.4) is 0 Å². The van der Waals surface area contributed by atoms with Crippen molar-refractivity contribution in [3.63, 3.8) is 0 Å². The Labute approximate surface area is 171 Å². The lowest BCUT2D eigenvalue weighted by Crippen LogP contribution is -2.51. The number of hydrogen-bond donors (Lipinski definition) is 2. The van der Waals surface area contributed by atoms with Gasteiger partial charge < -0.3 is 10.6 Å². The highest BCUT2D eigenvalue weighted by Crippen LogP contribution is 2.17. The van der Waals surface area contributed by atoms with Crippen molar-refractivity contribution in [3.8, 4) is 0 Å². The van der Waals surface area contributed by atoms with Crippen LogP contribution in [0.2, 0.25) is 0 Å². The van der Waals surface area contributed by atoms with Gasteiger partial charge >= 0.3 is 0 Å². The highest BCUT2D eigenvalue weighted by molar-refractivity contribution is 5.97. The summed E-state index contributed by atoms with van der Waals surface area (Å²) in [5.74, 6) is -1.54. The Kier molecular flexibility index (Phi) is 6.99. The maximum absolute atomic E-state index is 13.8. The summed E-state index contributed by atoms with van der Waals surface area (Å²) in [5, 5.41) is 5.59. The molecule has 29 heavy (non-hydrogen) atoms. The molecule has 0 saturated heterocycles. The van der Waals surface area contributed by atoms with Crippen molar-refractivity contribution in [2.75, 3.05) is 19.6 Å². The third-order valence-corrected chi connectivity index (χ3v) is 5.29. The van der Waals surface area contributed by atoms with Gasteiger partial charge in [-0.1, -0.05) is 50.2 Å². The third kappa shape index (κ3) is 5.41. The van der Waals surface area contributed by atoms with Gasteiger partial charge in [-0.3, -0.25) is 14.5 Å². The fraction of sp³-hybridized carbons (Fsp3) is 0.391. The topological polar surface area (TPSA) is 61.4 Å². The Morgan fingerprint density at radius 3 is 2.48 bits per heavy atom. The van der Waals surface area contributed by atoms with Crippen LogP contribution in [0.4, 0.5) is 4.39 Å². The van der Waals surface area contributed by atoms with Gasteiger partial charge in [-0.25, -0.2) is 4.39 Å². The number of rotatable bonds is 7. The minimum atomic E-state index is -0.718. The van der Waals surface area contributed by atoms with E-state index in [0.29, 0.717) is 6.54 Å². The van der Waals surface area contributed by atoms with Crippen molar-refractivity contribution in [1.29, 1.82) is 0 Å². The molecule has 0 fully saturated rings. The first kappa shape index (κ1) is 21.0. The fourth-order valence-corrected chi connectivity index (χ4v) is 3.59. The molecule has 0 spiro atoms. The molecule has 0 saturated carbocycles. The van der Waals surface area contributed by atoms with Crippen LogP contribution in [-0.2, 0) is 17.8 Å². The average molecular weight is 397 g/mol. The summed E-state index contributed by atoms with van der Waals surface area (Å²) >= 11 is 0. The Morgan fingerprint density at radius 2 is 1.76 bits per heavy atom. The molecule has 0 radical (unpaired) electrons. The first-order valence-electron chi connectivity index (χ1n) is 10.1. The molecule has 1 atom stereocenters. The van der Waals surface area contributed by atoms with Crippen LogP contribution in [0.5, 0.6) is 0 Å². The molecule has 2 amide bonds. The molecule has 0 aliphatic carbocycles. The second-order valence-electron chi connectivity index (χ2n) is 7.76. The van der Waals surface area contributed by atoms with E-state index in [1.54, 1.807) is 6.07 Å². The highest BCUT2D eigenvalue weighted by Gasteiger charge is 2.25. The van der Waals surface area contributed by atoms with Crippen molar-refractivity contribution in [2.24, 2.45) is 5.92 Å². The van der Waals surface area contributed by atoms with Crippen molar-refractivity contribution in [3.05, 3.63) is 71.0 Å². The number of benzene rings is 2. The van der Waals surface area contributed by atoms with Gasteiger partial charge in [0.1, 0.15) is 11.9 Å². The van der Waals surface area contributed by atoms with Crippen LogP contribution in [-0.4, -0.2) is 42.4 Å². The van der Waals surface area contributed by atoms with Crippen LogP contribution in [0.25, 0.3) is 0 Å². The number of amides is 2. The summed E-state index contributed by atoms with van der Waals surface area (Å²) < 4.78 is 13.8. The van der Waals surface area contributed by atoms with E-state index in [-0.39, 0.29) is 17.4 Å². The maximum atomic E-state index is 13.8. The predicted molar refractivity (Wildman–Crippen MR) is 111 cm³/mol. The summed E-state index contributed by atoms with van der Waals surface area (Å²) in [5.41, 5.74) is 2.67. The van der Waals surface area contributed by atoms with Crippen LogP contribution in [0, 0.1) is 11.7 Å². The Bertz CT molecular complexity index is 869. The number of halogens is 1. The van der Waals surface area contributed by atoms with Crippen molar-refractivity contribution >= 4 is 11.8 Å². The van der Waals surface area contributed by atoms with E-state index < -0.39 is 17.8 Å². The largest absolute Gasteiger partial charge is 0.353 e. The van der Waals surface area contributed by atoms with E-state index in [4.69, 9.17) is 0 Å². The molecular formula is C23H28FN3O2. The number of hydrogen-bond acceptors (Lipinski definition) is 3. The molecule has 154 valence electrons. The van der Waals surface area contributed by atoms with E-state index in [1.807, 2.05) is 13.8 Å². The van der Waals surface area contributed by atoms with Gasteiger partial charge in [-0.15, -0.1) is 0 Å². The Balaban J connectivity index is 1.51. The van der Waals surface area contributed by atoms with Gasteiger partial charge in [-0.2, -0.15) is 0 Å². The molecule has 2 aromatic carbocycles. The SMILES string of the molecule is CC(C)C(NC(=O)c1ccccc1F)C(=O)NCCN1CCc2ccccc2C1. The van der Waals surface area contributed by atoms with Gasteiger partial charge in [0, 0.05) is 26.2 Å². The van der Waals surface area contributed by atoms with E-state index in [2.05, 4.69) is 39.8 Å². The molecular weight excluding hydrogens is 369 g/mol. The number of carbonyl (C=O) groups is 2. The van der Waals surface area contributed by atoms with Crippen LogP contribution < -0.4 is 10.6 Å². The smallest absolute Gasteiger partial charge is 0.254 e. The fourth-order valence-electron chi connectivity index (χ4n) is 3.59. The zero-order valence-electron chi connectivity index (χ0n) is 17.0. The van der Waals surface area contributed by atoms with E-state index >= 15 is 0 Å². The monoisotopic (exact) mass is 397 g/mol.